The van der Waals surface area contributed by atoms with E-state index in [0.29, 0.717) is 11.8 Å². The van der Waals surface area contributed by atoms with Crippen LogP contribution in [0.2, 0.25) is 0 Å². The van der Waals surface area contributed by atoms with E-state index in [2.05, 4.69) is 33.0 Å². The van der Waals surface area contributed by atoms with Crippen LogP contribution >= 0.6 is 0 Å². The summed E-state index contributed by atoms with van der Waals surface area (Å²) in [6, 6.07) is 0. The molecule has 0 aliphatic carbocycles. The lowest BCUT2D eigenvalue weighted by Gasteiger charge is -2.22. The van der Waals surface area contributed by atoms with Gasteiger partial charge >= 0.3 is 0 Å². The molecular formula is C12H27NO2. The molecule has 3 nitrogen and oxygen atoms in total. The standard InChI is InChI=1S/C12H27NO2/c1-5-12(15-9-14)11(4)6-7-13-8-10(2)3/h10-14H,5-9H2,1-4H3/t11-,12-/m1/s1. The van der Waals surface area contributed by atoms with Crippen LogP contribution in [-0.4, -0.2) is 31.1 Å². The Hall–Kier alpha value is -0.120. The summed E-state index contributed by atoms with van der Waals surface area (Å²) in [6.07, 6.45) is 2.26. The lowest BCUT2D eigenvalue weighted by atomic mass is 9.99. The SMILES string of the molecule is CC[C@@H](OCO)[C@H](C)CCNCC(C)C. The van der Waals surface area contributed by atoms with Crippen molar-refractivity contribution in [2.45, 2.75) is 46.6 Å². The fraction of sp³-hybridized carbons (Fsp3) is 1.00. The molecule has 0 saturated carbocycles. The van der Waals surface area contributed by atoms with E-state index in [0.717, 1.165) is 25.9 Å². The van der Waals surface area contributed by atoms with Crippen LogP contribution in [0.1, 0.15) is 40.5 Å². The Bertz CT molecular complexity index is 140. The molecule has 0 heterocycles. The van der Waals surface area contributed by atoms with E-state index in [9.17, 15) is 0 Å². The summed E-state index contributed by atoms with van der Waals surface area (Å²) < 4.78 is 5.26. The Morgan fingerprint density at radius 1 is 1.27 bits per heavy atom. The van der Waals surface area contributed by atoms with Gasteiger partial charge in [-0.05, 0) is 37.8 Å². The van der Waals surface area contributed by atoms with Gasteiger partial charge in [0.05, 0.1) is 6.10 Å². The summed E-state index contributed by atoms with van der Waals surface area (Å²) in [5.41, 5.74) is 0. The Kier molecular flexibility index (Phi) is 9.06. The van der Waals surface area contributed by atoms with E-state index in [1.807, 2.05) is 0 Å². The molecule has 0 aromatic rings. The predicted octanol–water partition coefficient (Wildman–Crippen LogP) is 2.00. The maximum atomic E-state index is 8.72. The second kappa shape index (κ2) is 9.13. The molecule has 0 saturated heterocycles. The molecule has 0 rings (SSSR count). The summed E-state index contributed by atoms with van der Waals surface area (Å²) in [5, 5.41) is 12.1. The second-order valence-electron chi connectivity index (χ2n) is 4.61. The lowest BCUT2D eigenvalue weighted by molar-refractivity contribution is -0.0724. The highest BCUT2D eigenvalue weighted by atomic mass is 16.6. The van der Waals surface area contributed by atoms with Crippen LogP contribution in [0, 0.1) is 11.8 Å². The van der Waals surface area contributed by atoms with Crippen LogP contribution in [-0.2, 0) is 4.74 Å². The van der Waals surface area contributed by atoms with Crippen molar-refractivity contribution in [1.82, 2.24) is 5.32 Å². The van der Waals surface area contributed by atoms with Gasteiger partial charge in [0, 0.05) is 0 Å². The fourth-order valence-electron chi connectivity index (χ4n) is 1.69. The quantitative estimate of drug-likeness (QED) is 0.458. The topological polar surface area (TPSA) is 41.5 Å². The van der Waals surface area contributed by atoms with Crippen LogP contribution in [0.5, 0.6) is 0 Å². The maximum Gasteiger partial charge on any atom is 0.143 e. The summed E-state index contributed by atoms with van der Waals surface area (Å²) in [7, 11) is 0. The number of aliphatic hydroxyl groups is 1. The summed E-state index contributed by atoms with van der Waals surface area (Å²) in [5.74, 6) is 1.21. The lowest BCUT2D eigenvalue weighted by Crippen LogP contribution is -2.27. The zero-order chi connectivity index (χ0) is 11.7. The third kappa shape index (κ3) is 7.77. The highest BCUT2D eigenvalue weighted by Gasteiger charge is 2.14. The van der Waals surface area contributed by atoms with Gasteiger partial charge in [0.2, 0.25) is 0 Å². The molecular weight excluding hydrogens is 190 g/mol. The fourth-order valence-corrected chi connectivity index (χ4v) is 1.69. The molecule has 2 atom stereocenters. The first-order valence-electron chi connectivity index (χ1n) is 6.04. The van der Waals surface area contributed by atoms with E-state index in [4.69, 9.17) is 9.84 Å². The molecule has 15 heavy (non-hydrogen) atoms. The molecule has 2 N–H and O–H groups in total. The molecule has 92 valence electrons. The minimum Gasteiger partial charge on any atom is -0.371 e. The average Bonchev–Trinajstić information content (AvgIpc) is 2.20. The maximum absolute atomic E-state index is 8.72. The van der Waals surface area contributed by atoms with Crippen LogP contribution < -0.4 is 5.32 Å². The molecule has 0 aromatic carbocycles. The Morgan fingerprint density at radius 3 is 2.40 bits per heavy atom. The molecule has 0 aliphatic rings. The van der Waals surface area contributed by atoms with Crippen LogP contribution in [0.25, 0.3) is 0 Å². The van der Waals surface area contributed by atoms with Gasteiger partial charge in [-0.25, -0.2) is 0 Å². The first-order valence-corrected chi connectivity index (χ1v) is 6.04. The first kappa shape index (κ1) is 14.9. The van der Waals surface area contributed by atoms with Gasteiger partial charge in [-0.15, -0.1) is 0 Å². The molecule has 0 spiro atoms. The highest BCUT2D eigenvalue weighted by Crippen LogP contribution is 2.14. The summed E-state index contributed by atoms with van der Waals surface area (Å²) in [4.78, 5) is 0. The smallest absolute Gasteiger partial charge is 0.143 e. The molecule has 0 fully saturated rings. The molecule has 0 radical (unpaired) electrons. The third-order valence-electron chi connectivity index (χ3n) is 2.65. The zero-order valence-electron chi connectivity index (χ0n) is 10.6. The van der Waals surface area contributed by atoms with E-state index in [1.54, 1.807) is 0 Å². The van der Waals surface area contributed by atoms with Crippen molar-refractivity contribution in [2.24, 2.45) is 11.8 Å². The van der Waals surface area contributed by atoms with Crippen LogP contribution in [0.15, 0.2) is 0 Å². The minimum atomic E-state index is -0.164. The van der Waals surface area contributed by atoms with Crippen molar-refractivity contribution in [2.75, 3.05) is 19.9 Å². The van der Waals surface area contributed by atoms with Crippen molar-refractivity contribution >= 4 is 0 Å². The number of nitrogens with one attached hydrogen (secondary N) is 1. The number of ether oxygens (including phenoxy) is 1. The van der Waals surface area contributed by atoms with E-state index in [-0.39, 0.29) is 12.9 Å². The molecule has 0 aliphatic heterocycles. The van der Waals surface area contributed by atoms with Gasteiger partial charge in [0.25, 0.3) is 0 Å². The van der Waals surface area contributed by atoms with Crippen LogP contribution in [0.4, 0.5) is 0 Å². The summed E-state index contributed by atoms with van der Waals surface area (Å²) in [6.45, 7) is 10.6. The van der Waals surface area contributed by atoms with E-state index >= 15 is 0 Å². The Labute approximate surface area is 94.2 Å². The van der Waals surface area contributed by atoms with Gasteiger partial charge in [-0.2, -0.15) is 0 Å². The van der Waals surface area contributed by atoms with Crippen LogP contribution in [0.3, 0.4) is 0 Å². The minimum absolute atomic E-state index is 0.164. The predicted molar refractivity (Wildman–Crippen MR) is 63.7 cm³/mol. The van der Waals surface area contributed by atoms with Gasteiger partial charge < -0.3 is 15.2 Å². The Morgan fingerprint density at radius 2 is 1.93 bits per heavy atom. The number of hydrogen-bond acceptors (Lipinski definition) is 3. The number of hydrogen-bond donors (Lipinski definition) is 2. The van der Waals surface area contributed by atoms with Crippen molar-refractivity contribution in [3.8, 4) is 0 Å². The van der Waals surface area contributed by atoms with Crippen molar-refractivity contribution in [3.63, 3.8) is 0 Å². The third-order valence-corrected chi connectivity index (χ3v) is 2.65. The second-order valence-corrected chi connectivity index (χ2v) is 4.61. The van der Waals surface area contributed by atoms with Crippen molar-refractivity contribution < 1.29 is 9.84 Å². The molecule has 0 amide bonds. The molecule has 3 heteroatoms. The monoisotopic (exact) mass is 217 g/mol. The molecule has 0 aromatic heterocycles. The molecule has 0 bridgehead atoms. The molecule has 0 unspecified atom stereocenters. The largest absolute Gasteiger partial charge is 0.371 e. The van der Waals surface area contributed by atoms with Crippen molar-refractivity contribution in [3.05, 3.63) is 0 Å². The Balaban J connectivity index is 3.56. The first-order chi connectivity index (χ1) is 7.11. The number of aliphatic hydroxyl groups excluding tert-OH is 1. The van der Waals surface area contributed by atoms with Gasteiger partial charge in [-0.1, -0.05) is 27.7 Å². The van der Waals surface area contributed by atoms with Gasteiger partial charge in [-0.3, -0.25) is 0 Å². The zero-order valence-corrected chi connectivity index (χ0v) is 10.6. The van der Waals surface area contributed by atoms with Gasteiger partial charge in [0.1, 0.15) is 6.79 Å². The van der Waals surface area contributed by atoms with E-state index in [1.165, 1.54) is 0 Å². The van der Waals surface area contributed by atoms with Crippen molar-refractivity contribution in [1.29, 1.82) is 0 Å². The summed E-state index contributed by atoms with van der Waals surface area (Å²) >= 11 is 0. The normalized spacial score (nSPS) is 15.6. The average molecular weight is 217 g/mol. The highest BCUT2D eigenvalue weighted by molar-refractivity contribution is 4.66. The van der Waals surface area contributed by atoms with E-state index < -0.39 is 0 Å². The van der Waals surface area contributed by atoms with Gasteiger partial charge in [0.15, 0.2) is 0 Å². The number of rotatable bonds is 9.